The highest BCUT2D eigenvalue weighted by molar-refractivity contribution is 5.77. The predicted octanol–water partition coefficient (Wildman–Crippen LogP) is 3.72. The summed E-state index contributed by atoms with van der Waals surface area (Å²) in [6.45, 7) is 2.23. The van der Waals surface area contributed by atoms with Gasteiger partial charge in [-0.2, -0.15) is 5.10 Å². The fourth-order valence-electron chi connectivity index (χ4n) is 4.23. The molecule has 1 amide bonds. The van der Waals surface area contributed by atoms with Crippen molar-refractivity contribution in [3.8, 4) is 16.9 Å². The highest BCUT2D eigenvalue weighted by atomic mass is 16.5. The number of aryl methyl sites for hydroxylation is 1. The van der Waals surface area contributed by atoms with E-state index in [9.17, 15) is 4.79 Å². The van der Waals surface area contributed by atoms with Crippen molar-refractivity contribution in [1.29, 1.82) is 0 Å². The van der Waals surface area contributed by atoms with Gasteiger partial charge >= 0.3 is 0 Å². The first-order chi connectivity index (χ1) is 15.5. The molecule has 0 unspecified atom stereocenters. The average molecular weight is 434 g/mol. The number of piperidine rings is 1. The molecule has 0 N–H and O–H groups in total. The lowest BCUT2D eigenvalue weighted by Crippen LogP contribution is -2.40. The van der Waals surface area contributed by atoms with Gasteiger partial charge in [0.15, 0.2) is 0 Å². The molecule has 2 aromatic heterocycles. The molecule has 168 valence electrons. The number of hydrogen-bond donors (Lipinski definition) is 0. The van der Waals surface area contributed by atoms with E-state index in [0.717, 1.165) is 54.2 Å². The highest BCUT2D eigenvalue weighted by Crippen LogP contribution is 2.28. The number of carbonyl (C=O) groups is 1. The lowest BCUT2D eigenvalue weighted by Gasteiger charge is -2.33. The summed E-state index contributed by atoms with van der Waals surface area (Å²) in [4.78, 5) is 21.7. The third kappa shape index (κ3) is 5.10. The second-order valence-corrected chi connectivity index (χ2v) is 8.43. The topological polar surface area (TPSA) is 63.5 Å². The number of anilines is 1. The van der Waals surface area contributed by atoms with E-state index < -0.39 is 0 Å². The number of benzene rings is 1. The molecule has 1 atom stereocenters. The molecule has 0 spiro atoms. The lowest BCUT2D eigenvalue weighted by atomic mass is 9.93. The van der Waals surface area contributed by atoms with E-state index in [1.54, 1.807) is 11.8 Å². The summed E-state index contributed by atoms with van der Waals surface area (Å²) in [6.07, 6.45) is 8.31. The SMILES string of the molecule is COc1cccc(N(C)CCC(=O)N2CCC[C@H](c3ccc(-c4cnn(C)c4)cn3)C2)c1. The maximum absolute atomic E-state index is 12.9. The number of hydrogen-bond acceptors (Lipinski definition) is 5. The molecule has 1 aliphatic heterocycles. The zero-order chi connectivity index (χ0) is 22.5. The zero-order valence-corrected chi connectivity index (χ0v) is 19.1. The summed E-state index contributed by atoms with van der Waals surface area (Å²) in [5.41, 5.74) is 4.23. The summed E-state index contributed by atoms with van der Waals surface area (Å²) in [5, 5.41) is 4.23. The molecule has 0 bridgehead atoms. The van der Waals surface area contributed by atoms with Gasteiger partial charge in [-0.3, -0.25) is 14.5 Å². The van der Waals surface area contributed by atoms with Crippen LogP contribution in [0.5, 0.6) is 5.75 Å². The maximum Gasteiger partial charge on any atom is 0.224 e. The van der Waals surface area contributed by atoms with Crippen LogP contribution in [0.15, 0.2) is 55.0 Å². The number of carbonyl (C=O) groups excluding carboxylic acids is 1. The molecule has 32 heavy (non-hydrogen) atoms. The maximum atomic E-state index is 12.9. The summed E-state index contributed by atoms with van der Waals surface area (Å²) in [5.74, 6) is 1.31. The Labute approximate surface area is 189 Å². The van der Waals surface area contributed by atoms with Crippen molar-refractivity contribution >= 4 is 11.6 Å². The van der Waals surface area contributed by atoms with Crippen LogP contribution in [0.2, 0.25) is 0 Å². The van der Waals surface area contributed by atoms with Gasteiger partial charge in [-0.05, 0) is 31.0 Å². The second kappa shape index (κ2) is 9.85. The van der Waals surface area contributed by atoms with Gasteiger partial charge in [0.25, 0.3) is 0 Å². The van der Waals surface area contributed by atoms with Gasteiger partial charge in [0.1, 0.15) is 5.75 Å². The summed E-state index contributed by atoms with van der Waals surface area (Å²) < 4.78 is 7.09. The van der Waals surface area contributed by atoms with Gasteiger partial charge in [-0.1, -0.05) is 12.1 Å². The van der Waals surface area contributed by atoms with Crippen LogP contribution in [-0.4, -0.2) is 59.4 Å². The van der Waals surface area contributed by atoms with Gasteiger partial charge < -0.3 is 14.5 Å². The molecule has 0 saturated carbocycles. The van der Waals surface area contributed by atoms with Crippen LogP contribution < -0.4 is 9.64 Å². The van der Waals surface area contributed by atoms with Crippen LogP contribution in [0.3, 0.4) is 0 Å². The minimum atomic E-state index is 0.205. The van der Waals surface area contributed by atoms with Crippen LogP contribution >= 0.6 is 0 Å². The first kappa shape index (κ1) is 21.9. The minimum Gasteiger partial charge on any atom is -0.497 e. The van der Waals surface area contributed by atoms with Gasteiger partial charge in [0.2, 0.25) is 5.91 Å². The Kier molecular flexibility index (Phi) is 6.73. The quantitative estimate of drug-likeness (QED) is 0.568. The molecule has 1 saturated heterocycles. The molecule has 0 radical (unpaired) electrons. The highest BCUT2D eigenvalue weighted by Gasteiger charge is 2.25. The Hall–Kier alpha value is -3.35. The van der Waals surface area contributed by atoms with E-state index in [4.69, 9.17) is 9.72 Å². The number of amides is 1. The Morgan fingerprint density at radius 2 is 2.09 bits per heavy atom. The lowest BCUT2D eigenvalue weighted by molar-refractivity contribution is -0.132. The summed E-state index contributed by atoms with van der Waals surface area (Å²) in [6, 6.07) is 12.1. The van der Waals surface area contributed by atoms with Gasteiger partial charge in [-0.25, -0.2) is 0 Å². The smallest absolute Gasteiger partial charge is 0.224 e. The van der Waals surface area contributed by atoms with Crippen LogP contribution in [0.25, 0.3) is 11.1 Å². The van der Waals surface area contributed by atoms with Crippen molar-refractivity contribution in [3.05, 3.63) is 60.7 Å². The van der Waals surface area contributed by atoms with E-state index in [0.29, 0.717) is 13.0 Å². The molecule has 1 fully saturated rings. The van der Waals surface area contributed by atoms with Crippen LogP contribution in [0.1, 0.15) is 30.9 Å². The number of methoxy groups -OCH3 is 1. The van der Waals surface area contributed by atoms with Crippen LogP contribution in [0, 0.1) is 0 Å². The number of nitrogens with zero attached hydrogens (tertiary/aromatic N) is 5. The molecule has 7 heteroatoms. The molecule has 3 heterocycles. The number of aromatic nitrogens is 3. The molecule has 4 rings (SSSR count). The van der Waals surface area contributed by atoms with E-state index in [2.05, 4.69) is 22.1 Å². The Bertz CT molecular complexity index is 1050. The van der Waals surface area contributed by atoms with Crippen molar-refractivity contribution < 1.29 is 9.53 Å². The van der Waals surface area contributed by atoms with E-state index in [1.165, 1.54) is 0 Å². The molecular formula is C25H31N5O2. The molecule has 0 aliphatic carbocycles. The number of likely N-dealkylation sites (tertiary alicyclic amines) is 1. The second-order valence-electron chi connectivity index (χ2n) is 8.43. The van der Waals surface area contributed by atoms with E-state index in [1.807, 2.05) is 61.9 Å². The first-order valence-electron chi connectivity index (χ1n) is 11.1. The van der Waals surface area contributed by atoms with Crippen molar-refractivity contribution in [1.82, 2.24) is 19.7 Å². The normalized spacial score (nSPS) is 16.1. The third-order valence-electron chi connectivity index (χ3n) is 6.17. The van der Waals surface area contributed by atoms with Gasteiger partial charge in [0.05, 0.1) is 13.3 Å². The van der Waals surface area contributed by atoms with Gasteiger partial charge in [-0.15, -0.1) is 0 Å². The fourth-order valence-corrected chi connectivity index (χ4v) is 4.23. The molecule has 1 aliphatic rings. The van der Waals surface area contributed by atoms with Crippen molar-refractivity contribution in [2.24, 2.45) is 7.05 Å². The summed E-state index contributed by atoms with van der Waals surface area (Å²) >= 11 is 0. The van der Waals surface area contributed by atoms with Gasteiger partial charge in [0, 0.05) is 87.0 Å². The third-order valence-corrected chi connectivity index (χ3v) is 6.17. The largest absolute Gasteiger partial charge is 0.497 e. The van der Waals surface area contributed by atoms with Crippen molar-refractivity contribution in [2.75, 3.05) is 38.7 Å². The number of ether oxygens (including phenoxy) is 1. The number of pyridine rings is 1. The molecular weight excluding hydrogens is 402 g/mol. The first-order valence-corrected chi connectivity index (χ1v) is 11.1. The summed E-state index contributed by atoms with van der Waals surface area (Å²) in [7, 11) is 5.58. The van der Waals surface area contributed by atoms with Crippen molar-refractivity contribution in [3.63, 3.8) is 0 Å². The molecule has 7 nitrogen and oxygen atoms in total. The van der Waals surface area contributed by atoms with E-state index >= 15 is 0 Å². The molecule has 3 aromatic rings. The van der Waals surface area contributed by atoms with E-state index in [-0.39, 0.29) is 11.8 Å². The zero-order valence-electron chi connectivity index (χ0n) is 19.1. The van der Waals surface area contributed by atoms with Crippen molar-refractivity contribution in [2.45, 2.75) is 25.2 Å². The standard InChI is InChI=1S/C25H31N5O2/c1-28(22-7-4-8-23(14-22)32-3)13-11-25(31)30-12-5-6-20(18-30)24-10-9-19(15-26-24)21-16-27-29(2)17-21/h4,7-10,14-17,20H,5-6,11-13,18H2,1-3H3/t20-/m0/s1. The Morgan fingerprint density at radius 3 is 2.81 bits per heavy atom. The monoisotopic (exact) mass is 433 g/mol. The van der Waals surface area contributed by atoms with Crippen LogP contribution in [-0.2, 0) is 11.8 Å². The minimum absolute atomic E-state index is 0.205. The van der Waals surface area contributed by atoms with Crippen LogP contribution in [0.4, 0.5) is 5.69 Å². The predicted molar refractivity (Wildman–Crippen MR) is 126 cm³/mol. The Morgan fingerprint density at radius 1 is 1.22 bits per heavy atom. The fraction of sp³-hybridized carbons (Fsp3) is 0.400. The average Bonchev–Trinajstić information content (AvgIpc) is 3.28. The Balaban J connectivity index is 1.33. The molecule has 1 aromatic carbocycles. The number of rotatable bonds is 7.